The van der Waals surface area contributed by atoms with Crippen LogP contribution in [0.5, 0.6) is 0 Å². The highest BCUT2D eigenvalue weighted by molar-refractivity contribution is 7.90. The van der Waals surface area contributed by atoms with Gasteiger partial charge in [0.2, 0.25) is 0 Å². The predicted molar refractivity (Wildman–Crippen MR) is 90.8 cm³/mol. The van der Waals surface area contributed by atoms with E-state index in [1.54, 1.807) is 4.52 Å². The van der Waals surface area contributed by atoms with E-state index in [4.69, 9.17) is 4.74 Å². The molecule has 24 heavy (non-hydrogen) atoms. The van der Waals surface area contributed by atoms with Gasteiger partial charge in [-0.15, -0.1) is 0 Å². The Hall–Kier alpha value is -1.74. The molecule has 9 heteroatoms. The fourth-order valence-electron chi connectivity index (χ4n) is 3.18. The van der Waals surface area contributed by atoms with Crippen molar-refractivity contribution >= 4 is 21.4 Å². The number of ether oxygens (including phenoxy) is 1. The highest BCUT2D eigenvalue weighted by Gasteiger charge is 2.36. The number of aromatic nitrogens is 4. The number of hydrogen-bond donors (Lipinski definition) is 1. The van der Waals surface area contributed by atoms with Crippen molar-refractivity contribution in [2.45, 2.75) is 26.2 Å². The van der Waals surface area contributed by atoms with E-state index in [1.807, 2.05) is 13.0 Å². The van der Waals surface area contributed by atoms with Gasteiger partial charge < -0.3 is 10.1 Å². The van der Waals surface area contributed by atoms with Crippen molar-refractivity contribution in [1.29, 1.82) is 0 Å². The van der Waals surface area contributed by atoms with Gasteiger partial charge in [-0.1, -0.05) is 6.92 Å². The number of rotatable bonds is 6. The van der Waals surface area contributed by atoms with Crippen LogP contribution in [0.1, 0.15) is 25.5 Å². The molecule has 1 N–H and O–H groups in total. The quantitative estimate of drug-likeness (QED) is 0.825. The van der Waals surface area contributed by atoms with Gasteiger partial charge in [0.1, 0.15) is 22.0 Å². The van der Waals surface area contributed by atoms with Gasteiger partial charge in [0.15, 0.2) is 0 Å². The smallest absolute Gasteiger partial charge is 0.254 e. The summed E-state index contributed by atoms with van der Waals surface area (Å²) < 4.78 is 30.8. The molecule has 132 valence electrons. The Labute approximate surface area is 141 Å². The SMILES string of the molecule is CCc1cc(NCC2(CS(C)(=O)=O)CCOCC2)n2ncnc2n1. The molecule has 0 unspecified atom stereocenters. The number of sulfone groups is 1. The highest BCUT2D eigenvalue weighted by atomic mass is 32.2. The first-order valence-corrected chi connectivity index (χ1v) is 10.2. The van der Waals surface area contributed by atoms with Crippen LogP contribution in [0.3, 0.4) is 0 Å². The standard InChI is InChI=1S/C15H23N5O3S/c1-3-12-8-13(20-14(19-12)17-11-18-20)16-9-15(10-24(2,21)22)4-6-23-7-5-15/h8,11,16H,3-7,9-10H2,1-2H3. The maximum atomic E-state index is 11.9. The van der Waals surface area contributed by atoms with E-state index in [0.29, 0.717) is 25.5 Å². The maximum absolute atomic E-state index is 11.9. The average molecular weight is 353 g/mol. The van der Waals surface area contributed by atoms with Crippen molar-refractivity contribution in [2.75, 3.05) is 37.1 Å². The van der Waals surface area contributed by atoms with Crippen LogP contribution in [0.2, 0.25) is 0 Å². The molecule has 1 fully saturated rings. The Morgan fingerprint density at radius 2 is 2.12 bits per heavy atom. The molecule has 3 heterocycles. The summed E-state index contributed by atoms with van der Waals surface area (Å²) in [7, 11) is -3.07. The number of fused-ring (bicyclic) bond motifs is 1. The summed E-state index contributed by atoms with van der Waals surface area (Å²) in [5, 5.41) is 7.57. The van der Waals surface area contributed by atoms with Crippen molar-refractivity contribution in [3.63, 3.8) is 0 Å². The molecule has 0 aliphatic carbocycles. The molecule has 2 aromatic heterocycles. The van der Waals surface area contributed by atoms with Gasteiger partial charge >= 0.3 is 0 Å². The number of nitrogens with zero attached hydrogens (tertiary/aromatic N) is 4. The van der Waals surface area contributed by atoms with E-state index in [-0.39, 0.29) is 11.2 Å². The van der Waals surface area contributed by atoms with Crippen molar-refractivity contribution < 1.29 is 13.2 Å². The molecule has 0 saturated carbocycles. The molecule has 8 nitrogen and oxygen atoms in total. The molecular formula is C15H23N5O3S. The number of nitrogens with one attached hydrogen (secondary N) is 1. The molecule has 1 aliphatic rings. The van der Waals surface area contributed by atoms with Crippen LogP contribution in [0.25, 0.3) is 5.78 Å². The third kappa shape index (κ3) is 3.84. The van der Waals surface area contributed by atoms with Crippen molar-refractivity contribution in [3.05, 3.63) is 18.1 Å². The molecule has 0 amide bonds. The van der Waals surface area contributed by atoms with Crippen molar-refractivity contribution in [1.82, 2.24) is 19.6 Å². The van der Waals surface area contributed by atoms with Crippen LogP contribution >= 0.6 is 0 Å². The lowest BCUT2D eigenvalue weighted by molar-refractivity contribution is 0.0315. The largest absolute Gasteiger partial charge is 0.381 e. The molecule has 0 aromatic carbocycles. The van der Waals surface area contributed by atoms with Gasteiger partial charge in [-0.3, -0.25) is 0 Å². The third-order valence-electron chi connectivity index (χ3n) is 4.43. The number of hydrogen-bond acceptors (Lipinski definition) is 7. The summed E-state index contributed by atoms with van der Waals surface area (Å²) >= 11 is 0. The van der Waals surface area contributed by atoms with E-state index in [2.05, 4.69) is 20.4 Å². The summed E-state index contributed by atoms with van der Waals surface area (Å²) in [6.45, 7) is 3.76. The lowest BCUT2D eigenvalue weighted by Crippen LogP contribution is -2.41. The zero-order valence-electron chi connectivity index (χ0n) is 14.0. The summed E-state index contributed by atoms with van der Waals surface area (Å²) in [5.74, 6) is 1.48. The third-order valence-corrected chi connectivity index (χ3v) is 5.57. The zero-order chi connectivity index (χ0) is 17.2. The van der Waals surface area contributed by atoms with Gasteiger partial charge in [-0.25, -0.2) is 13.4 Å². The topological polar surface area (TPSA) is 98.5 Å². The lowest BCUT2D eigenvalue weighted by atomic mass is 9.82. The van der Waals surface area contributed by atoms with Crippen LogP contribution in [-0.2, 0) is 21.0 Å². The zero-order valence-corrected chi connectivity index (χ0v) is 14.8. The Morgan fingerprint density at radius 3 is 2.79 bits per heavy atom. The molecular weight excluding hydrogens is 330 g/mol. The minimum absolute atomic E-state index is 0.155. The van der Waals surface area contributed by atoms with E-state index < -0.39 is 9.84 Å². The minimum Gasteiger partial charge on any atom is -0.381 e. The van der Waals surface area contributed by atoms with Crippen molar-refractivity contribution in [2.24, 2.45) is 5.41 Å². The van der Waals surface area contributed by atoms with E-state index in [1.165, 1.54) is 12.6 Å². The van der Waals surface area contributed by atoms with Crippen molar-refractivity contribution in [3.8, 4) is 0 Å². The molecule has 1 aliphatic heterocycles. The van der Waals surface area contributed by atoms with Gasteiger partial charge in [0, 0.05) is 43.2 Å². The van der Waals surface area contributed by atoms with Crippen LogP contribution in [0.15, 0.2) is 12.4 Å². The molecule has 0 radical (unpaired) electrons. The fourth-order valence-corrected chi connectivity index (χ4v) is 4.68. The Morgan fingerprint density at radius 1 is 1.38 bits per heavy atom. The molecule has 0 bridgehead atoms. The maximum Gasteiger partial charge on any atom is 0.254 e. The molecule has 1 saturated heterocycles. The first kappa shape index (κ1) is 17.1. The van der Waals surface area contributed by atoms with Gasteiger partial charge in [0.25, 0.3) is 5.78 Å². The molecule has 2 aromatic rings. The minimum atomic E-state index is -3.07. The summed E-state index contributed by atoms with van der Waals surface area (Å²) in [6.07, 6.45) is 4.99. The van der Waals surface area contributed by atoms with Gasteiger partial charge in [-0.2, -0.15) is 14.6 Å². The first-order chi connectivity index (χ1) is 11.4. The summed E-state index contributed by atoms with van der Waals surface area (Å²) in [6, 6.07) is 1.94. The Balaban J connectivity index is 1.85. The van der Waals surface area contributed by atoms with E-state index in [0.717, 1.165) is 30.8 Å². The molecule has 0 spiro atoms. The average Bonchev–Trinajstić information content (AvgIpc) is 3.00. The normalized spacial score (nSPS) is 17.9. The second-order valence-corrected chi connectivity index (χ2v) is 8.63. The predicted octanol–water partition coefficient (Wildman–Crippen LogP) is 0.940. The second kappa shape index (κ2) is 6.64. The van der Waals surface area contributed by atoms with Crippen LogP contribution in [0, 0.1) is 5.41 Å². The Bertz CT molecular complexity index is 812. The molecule has 0 atom stereocenters. The lowest BCUT2D eigenvalue weighted by Gasteiger charge is -2.36. The van der Waals surface area contributed by atoms with E-state index in [9.17, 15) is 8.42 Å². The van der Waals surface area contributed by atoms with Crippen LogP contribution in [-0.4, -0.2) is 59.8 Å². The molecule has 3 rings (SSSR count). The van der Waals surface area contributed by atoms with Crippen LogP contribution in [0.4, 0.5) is 5.82 Å². The Kier molecular flexibility index (Phi) is 4.73. The first-order valence-electron chi connectivity index (χ1n) is 8.10. The summed E-state index contributed by atoms with van der Waals surface area (Å²) in [4.78, 5) is 8.56. The second-order valence-electron chi connectivity index (χ2n) is 6.49. The number of aryl methyl sites for hydroxylation is 1. The highest BCUT2D eigenvalue weighted by Crippen LogP contribution is 2.32. The monoisotopic (exact) mass is 353 g/mol. The van der Waals surface area contributed by atoms with Gasteiger partial charge in [-0.05, 0) is 19.3 Å². The number of anilines is 1. The van der Waals surface area contributed by atoms with E-state index >= 15 is 0 Å². The fraction of sp³-hybridized carbons (Fsp3) is 0.667. The van der Waals surface area contributed by atoms with Crippen LogP contribution < -0.4 is 5.32 Å². The van der Waals surface area contributed by atoms with Gasteiger partial charge in [0.05, 0.1) is 5.75 Å². The summed E-state index contributed by atoms with van der Waals surface area (Å²) in [5.41, 5.74) is 0.594.